The van der Waals surface area contributed by atoms with Gasteiger partial charge in [0.15, 0.2) is 16.6 Å². The summed E-state index contributed by atoms with van der Waals surface area (Å²) in [7, 11) is 1.49. The van der Waals surface area contributed by atoms with Gasteiger partial charge in [-0.05, 0) is 23.8 Å². The predicted octanol–water partition coefficient (Wildman–Crippen LogP) is 1.72. The summed E-state index contributed by atoms with van der Waals surface area (Å²) >= 11 is 1.44. The standard InChI is InChI=1S/C15H16N2O4S/c1-20-12-8-10(2-3-11(12)18)13-9-14(19)16-15(22-13)17-4-6-21-7-5-17/h2-3,8-9,18H,4-7H2,1H3. The summed E-state index contributed by atoms with van der Waals surface area (Å²) in [6, 6.07) is 6.52. The van der Waals surface area contributed by atoms with Crippen molar-refractivity contribution in [3.05, 3.63) is 34.6 Å². The Kier molecular flexibility index (Phi) is 4.26. The number of aromatic hydroxyl groups is 1. The third-order valence-electron chi connectivity index (χ3n) is 3.41. The molecule has 1 aliphatic heterocycles. The molecular formula is C15H16N2O4S. The first-order valence-electron chi connectivity index (χ1n) is 6.89. The Morgan fingerprint density at radius 2 is 2.09 bits per heavy atom. The second-order valence-corrected chi connectivity index (χ2v) is 5.84. The first-order valence-corrected chi connectivity index (χ1v) is 7.71. The van der Waals surface area contributed by atoms with Crippen LogP contribution < -0.4 is 15.2 Å². The van der Waals surface area contributed by atoms with Crippen LogP contribution in [0.1, 0.15) is 0 Å². The van der Waals surface area contributed by atoms with Gasteiger partial charge in [-0.1, -0.05) is 11.3 Å². The molecule has 2 aromatic rings. The van der Waals surface area contributed by atoms with Gasteiger partial charge in [0.2, 0.25) is 0 Å². The van der Waals surface area contributed by atoms with Crippen molar-refractivity contribution in [1.29, 1.82) is 0 Å². The minimum atomic E-state index is -0.276. The highest BCUT2D eigenvalue weighted by Crippen LogP contribution is 2.34. The van der Waals surface area contributed by atoms with Gasteiger partial charge in [0.1, 0.15) is 0 Å². The topological polar surface area (TPSA) is 71.9 Å². The van der Waals surface area contributed by atoms with Crippen LogP contribution >= 0.6 is 11.3 Å². The largest absolute Gasteiger partial charge is 0.504 e. The van der Waals surface area contributed by atoms with Crippen molar-refractivity contribution >= 4 is 16.5 Å². The Morgan fingerprint density at radius 1 is 1.32 bits per heavy atom. The van der Waals surface area contributed by atoms with E-state index in [9.17, 15) is 9.90 Å². The third kappa shape index (κ3) is 3.05. The Bertz CT molecular complexity index is 726. The molecule has 0 spiro atoms. The molecule has 0 atom stereocenters. The lowest BCUT2D eigenvalue weighted by Gasteiger charge is -2.27. The van der Waals surface area contributed by atoms with Gasteiger partial charge in [-0.25, -0.2) is 0 Å². The molecule has 22 heavy (non-hydrogen) atoms. The molecule has 7 heteroatoms. The van der Waals surface area contributed by atoms with E-state index in [0.717, 1.165) is 23.5 Å². The first kappa shape index (κ1) is 14.8. The maximum atomic E-state index is 11.9. The highest BCUT2D eigenvalue weighted by atomic mass is 32.1. The number of benzene rings is 1. The number of phenols is 1. The van der Waals surface area contributed by atoms with Crippen molar-refractivity contribution in [2.75, 3.05) is 38.3 Å². The maximum absolute atomic E-state index is 11.9. The molecule has 0 bridgehead atoms. The van der Waals surface area contributed by atoms with Crippen LogP contribution in [0.4, 0.5) is 5.13 Å². The summed E-state index contributed by atoms with van der Waals surface area (Å²) in [6.45, 7) is 2.73. The molecule has 1 aromatic heterocycles. The zero-order valence-electron chi connectivity index (χ0n) is 12.1. The molecule has 6 nitrogen and oxygen atoms in total. The molecule has 0 unspecified atom stereocenters. The summed E-state index contributed by atoms with van der Waals surface area (Å²) in [5, 5.41) is 10.4. The molecule has 1 fully saturated rings. The second kappa shape index (κ2) is 6.33. The Labute approximate surface area is 131 Å². The van der Waals surface area contributed by atoms with E-state index in [-0.39, 0.29) is 11.3 Å². The fourth-order valence-corrected chi connectivity index (χ4v) is 3.30. The molecule has 1 saturated heterocycles. The average molecular weight is 320 g/mol. The molecule has 0 saturated carbocycles. The Hall–Kier alpha value is -2.12. The van der Waals surface area contributed by atoms with Crippen molar-refractivity contribution in [1.82, 2.24) is 4.98 Å². The van der Waals surface area contributed by atoms with E-state index in [1.54, 1.807) is 18.2 Å². The summed E-state index contributed by atoms with van der Waals surface area (Å²) in [4.78, 5) is 18.8. The van der Waals surface area contributed by atoms with Crippen LogP contribution in [0.2, 0.25) is 0 Å². The quantitative estimate of drug-likeness (QED) is 0.928. The third-order valence-corrected chi connectivity index (χ3v) is 4.51. The molecule has 1 aromatic carbocycles. The average Bonchev–Trinajstić information content (AvgIpc) is 2.55. The summed E-state index contributed by atoms with van der Waals surface area (Å²) < 4.78 is 10.4. The van der Waals surface area contributed by atoms with Crippen LogP contribution in [0, 0.1) is 0 Å². The highest BCUT2D eigenvalue weighted by molar-refractivity contribution is 7.18. The number of hydrogen-bond donors (Lipinski definition) is 1. The summed E-state index contributed by atoms with van der Waals surface area (Å²) in [6.07, 6.45) is 0. The van der Waals surface area contributed by atoms with E-state index in [1.165, 1.54) is 24.5 Å². The van der Waals surface area contributed by atoms with Gasteiger partial charge < -0.3 is 19.5 Å². The molecule has 2 heterocycles. The number of ether oxygens (including phenoxy) is 2. The number of rotatable bonds is 3. The molecule has 1 aliphatic rings. The van der Waals surface area contributed by atoms with Crippen LogP contribution in [0.15, 0.2) is 29.1 Å². The van der Waals surface area contributed by atoms with Crippen molar-refractivity contribution in [3.8, 4) is 21.9 Å². The summed E-state index contributed by atoms with van der Waals surface area (Å²) in [5.41, 5.74) is 0.538. The van der Waals surface area contributed by atoms with Crippen LogP contribution in [0.5, 0.6) is 11.5 Å². The molecule has 0 amide bonds. The molecule has 0 aliphatic carbocycles. The fraction of sp³-hybridized carbons (Fsp3) is 0.333. The lowest BCUT2D eigenvalue weighted by molar-refractivity contribution is 0.122. The van der Waals surface area contributed by atoms with Crippen molar-refractivity contribution < 1.29 is 14.6 Å². The minimum Gasteiger partial charge on any atom is -0.504 e. The van der Waals surface area contributed by atoms with Crippen molar-refractivity contribution in [2.24, 2.45) is 0 Å². The van der Waals surface area contributed by atoms with Gasteiger partial charge in [0.25, 0.3) is 5.56 Å². The van der Waals surface area contributed by atoms with E-state index < -0.39 is 0 Å². The zero-order valence-corrected chi connectivity index (χ0v) is 12.9. The number of nitrogens with zero attached hydrogens (tertiary/aromatic N) is 2. The number of methoxy groups -OCH3 is 1. The van der Waals surface area contributed by atoms with Gasteiger partial charge in [-0.3, -0.25) is 4.79 Å². The van der Waals surface area contributed by atoms with E-state index in [1.807, 2.05) is 0 Å². The normalized spacial score (nSPS) is 14.9. The van der Waals surface area contributed by atoms with E-state index in [4.69, 9.17) is 9.47 Å². The van der Waals surface area contributed by atoms with E-state index >= 15 is 0 Å². The van der Waals surface area contributed by atoms with Crippen LogP contribution in [0.25, 0.3) is 10.4 Å². The molecular weight excluding hydrogens is 304 g/mol. The Morgan fingerprint density at radius 3 is 2.82 bits per heavy atom. The fourth-order valence-electron chi connectivity index (χ4n) is 2.25. The highest BCUT2D eigenvalue weighted by Gasteiger charge is 2.15. The van der Waals surface area contributed by atoms with E-state index in [0.29, 0.717) is 24.1 Å². The van der Waals surface area contributed by atoms with Crippen LogP contribution in [-0.4, -0.2) is 43.5 Å². The second-order valence-electron chi connectivity index (χ2n) is 4.83. The smallest absolute Gasteiger partial charge is 0.273 e. The number of anilines is 1. The van der Waals surface area contributed by atoms with Gasteiger partial charge in [0, 0.05) is 24.0 Å². The molecule has 3 rings (SSSR count). The van der Waals surface area contributed by atoms with Gasteiger partial charge in [0.05, 0.1) is 20.3 Å². The number of hydrogen-bond acceptors (Lipinski definition) is 7. The number of morpholine rings is 1. The number of aromatic nitrogens is 1. The van der Waals surface area contributed by atoms with Crippen LogP contribution in [0.3, 0.4) is 0 Å². The first-order chi connectivity index (χ1) is 10.7. The summed E-state index contributed by atoms with van der Waals surface area (Å²) in [5.74, 6) is 0.447. The number of phenolic OH excluding ortho intramolecular Hbond substituents is 1. The predicted molar refractivity (Wildman–Crippen MR) is 85.1 cm³/mol. The van der Waals surface area contributed by atoms with Gasteiger partial charge >= 0.3 is 0 Å². The molecule has 0 radical (unpaired) electrons. The Balaban J connectivity index is 2.00. The maximum Gasteiger partial charge on any atom is 0.273 e. The van der Waals surface area contributed by atoms with Gasteiger partial charge in [-0.2, -0.15) is 4.98 Å². The van der Waals surface area contributed by atoms with Crippen molar-refractivity contribution in [3.63, 3.8) is 0 Å². The van der Waals surface area contributed by atoms with E-state index in [2.05, 4.69) is 9.88 Å². The zero-order chi connectivity index (χ0) is 15.5. The van der Waals surface area contributed by atoms with Crippen molar-refractivity contribution in [2.45, 2.75) is 0 Å². The minimum absolute atomic E-state index is 0.0704. The molecule has 116 valence electrons. The SMILES string of the molecule is COc1cc(-c2cc(=O)nc(N3CCOCC3)s2)ccc1O. The van der Waals surface area contributed by atoms with Gasteiger partial charge in [-0.15, -0.1) is 0 Å². The lowest BCUT2D eigenvalue weighted by atomic mass is 10.1. The monoisotopic (exact) mass is 320 g/mol. The molecule has 1 N–H and O–H groups in total. The lowest BCUT2D eigenvalue weighted by Crippen LogP contribution is -2.37. The van der Waals surface area contributed by atoms with Crippen LogP contribution in [-0.2, 0) is 4.74 Å².